The van der Waals surface area contributed by atoms with E-state index in [0.717, 1.165) is 0 Å². The highest BCUT2D eigenvalue weighted by Gasteiger charge is 2.25. The Morgan fingerprint density at radius 1 is 0.917 bits per heavy atom. The first kappa shape index (κ1) is 24.1. The van der Waals surface area contributed by atoms with Crippen LogP contribution in [-0.4, -0.2) is 60.1 Å². The Morgan fingerprint density at radius 3 is 1.83 bits per heavy atom. The molecule has 0 rings (SSSR count). The van der Waals surface area contributed by atoms with E-state index in [1.807, 2.05) is 0 Å². The molecule has 0 radical (unpaired) electrons. The molecule has 146 valence electrons. The fourth-order valence-corrected chi connectivity index (χ4v) is 2.57. The van der Waals surface area contributed by atoms with Crippen LogP contribution in [0.15, 0.2) is 0 Å². The van der Waals surface area contributed by atoms with Crippen molar-refractivity contribution in [3.63, 3.8) is 0 Å². The summed E-state index contributed by atoms with van der Waals surface area (Å²) in [6, 6.07) is 0. The number of phosphoric ester groups is 1. The van der Waals surface area contributed by atoms with E-state index in [4.69, 9.17) is 14.0 Å². The minimum Gasteiger partial charge on any atom is -0.396 e. The molecule has 0 aromatic heterocycles. The second kappa shape index (κ2) is 11.7. The Kier molecular flexibility index (Phi) is 11.8. The van der Waals surface area contributed by atoms with Crippen molar-refractivity contribution in [1.29, 1.82) is 0 Å². The predicted octanol–water partition coefficient (Wildman–Crippen LogP) is 1.70. The summed E-state index contributed by atoms with van der Waals surface area (Å²) < 4.78 is 47.0. The third-order valence-corrected chi connectivity index (χ3v) is 5.48. The van der Waals surface area contributed by atoms with Gasteiger partial charge in [-0.3, -0.25) is 18.1 Å². The van der Waals surface area contributed by atoms with E-state index in [2.05, 4.69) is 9.05 Å². The fourth-order valence-electron chi connectivity index (χ4n) is 1.25. The number of rotatable bonds is 14. The largest absolute Gasteiger partial charge is 0.474 e. The van der Waals surface area contributed by atoms with E-state index in [1.165, 1.54) is 0 Å². The van der Waals surface area contributed by atoms with Crippen LogP contribution in [0.4, 0.5) is 0 Å². The van der Waals surface area contributed by atoms with E-state index in [1.54, 1.807) is 27.7 Å². The molecular weight excluding hydrogens is 366 g/mol. The zero-order valence-electron chi connectivity index (χ0n) is 14.4. The Bertz CT molecular complexity index is 428. The molecular formula is C12H28O10P2. The molecule has 0 amide bonds. The van der Waals surface area contributed by atoms with Crippen molar-refractivity contribution in [2.75, 3.05) is 33.4 Å². The average Bonchev–Trinajstić information content (AvgIpc) is 2.43. The maximum Gasteiger partial charge on any atom is 0.474 e. The van der Waals surface area contributed by atoms with E-state index >= 15 is 0 Å². The summed E-state index contributed by atoms with van der Waals surface area (Å²) in [7, 11) is -7.87. The standard InChI is InChI=1S/C12H28O10P2/c1-10(2)22-24(16,17)21-9-19-7-12(5-13)6-18-8-20-23(14,15)11(3)4/h10-13H,5-9H2,1-4H3,(H,14,15)(H,16,17). The predicted molar refractivity (Wildman–Crippen MR) is 85.4 cm³/mol. The van der Waals surface area contributed by atoms with Crippen molar-refractivity contribution < 1.29 is 47.1 Å². The summed E-state index contributed by atoms with van der Waals surface area (Å²) in [5.41, 5.74) is -0.544. The van der Waals surface area contributed by atoms with E-state index in [9.17, 15) is 24.0 Å². The summed E-state index contributed by atoms with van der Waals surface area (Å²) in [6.07, 6.45) is -0.479. The topological polar surface area (TPSA) is 141 Å². The van der Waals surface area contributed by atoms with Crippen LogP contribution < -0.4 is 0 Å². The summed E-state index contributed by atoms with van der Waals surface area (Å²) >= 11 is 0. The molecule has 3 N–H and O–H groups in total. The monoisotopic (exact) mass is 394 g/mol. The lowest BCUT2D eigenvalue weighted by atomic mass is 10.2. The van der Waals surface area contributed by atoms with Gasteiger partial charge in [-0.25, -0.2) is 4.57 Å². The minimum absolute atomic E-state index is 0.00781. The van der Waals surface area contributed by atoms with Crippen LogP contribution >= 0.6 is 15.4 Å². The van der Waals surface area contributed by atoms with Gasteiger partial charge in [0.1, 0.15) is 0 Å². The first-order chi connectivity index (χ1) is 11.0. The molecule has 0 aromatic rings. The van der Waals surface area contributed by atoms with Gasteiger partial charge in [-0.2, -0.15) is 0 Å². The Morgan fingerprint density at radius 2 is 1.42 bits per heavy atom. The quantitative estimate of drug-likeness (QED) is 0.226. The Labute approximate surface area is 142 Å². The van der Waals surface area contributed by atoms with Crippen molar-refractivity contribution in [3.8, 4) is 0 Å². The van der Waals surface area contributed by atoms with Crippen LogP contribution in [0.5, 0.6) is 0 Å². The lowest BCUT2D eigenvalue weighted by molar-refractivity contribution is -0.0630. The van der Waals surface area contributed by atoms with Crippen LogP contribution in [0.1, 0.15) is 27.7 Å². The fraction of sp³-hybridized carbons (Fsp3) is 1.00. The lowest BCUT2D eigenvalue weighted by Gasteiger charge is -2.18. The number of hydrogen-bond donors (Lipinski definition) is 3. The number of hydrogen-bond acceptors (Lipinski definition) is 8. The van der Waals surface area contributed by atoms with Crippen molar-refractivity contribution in [2.24, 2.45) is 5.92 Å². The van der Waals surface area contributed by atoms with Gasteiger partial charge in [-0.15, -0.1) is 0 Å². The normalized spacial score (nSPS) is 18.5. The van der Waals surface area contributed by atoms with Gasteiger partial charge in [-0.1, -0.05) is 13.8 Å². The molecule has 0 saturated heterocycles. The summed E-state index contributed by atoms with van der Waals surface area (Å²) in [4.78, 5) is 18.7. The third kappa shape index (κ3) is 11.7. The maximum atomic E-state index is 11.5. The number of aliphatic hydroxyl groups is 1. The molecule has 24 heavy (non-hydrogen) atoms. The summed E-state index contributed by atoms with van der Waals surface area (Å²) in [5, 5.41) is 9.18. The van der Waals surface area contributed by atoms with E-state index in [0.29, 0.717) is 0 Å². The summed E-state index contributed by atoms with van der Waals surface area (Å²) in [5.74, 6) is -0.460. The van der Waals surface area contributed by atoms with Crippen molar-refractivity contribution in [3.05, 3.63) is 0 Å². The number of aliphatic hydroxyl groups excluding tert-OH is 1. The second-order valence-electron chi connectivity index (χ2n) is 5.56. The van der Waals surface area contributed by atoms with Gasteiger partial charge in [0.2, 0.25) is 0 Å². The highest BCUT2D eigenvalue weighted by atomic mass is 31.2. The van der Waals surface area contributed by atoms with Crippen molar-refractivity contribution in [1.82, 2.24) is 0 Å². The SMILES string of the molecule is CC(C)OP(=O)(O)OCOCC(CO)COCOP(=O)(O)C(C)C. The van der Waals surface area contributed by atoms with E-state index in [-0.39, 0.29) is 19.8 Å². The first-order valence-corrected chi connectivity index (χ1v) is 10.5. The molecule has 12 heteroatoms. The molecule has 0 aliphatic rings. The highest BCUT2D eigenvalue weighted by molar-refractivity contribution is 7.53. The molecule has 3 unspecified atom stereocenters. The molecule has 0 heterocycles. The van der Waals surface area contributed by atoms with Crippen molar-refractivity contribution in [2.45, 2.75) is 39.5 Å². The first-order valence-electron chi connectivity index (χ1n) is 7.39. The average molecular weight is 394 g/mol. The van der Waals surface area contributed by atoms with Crippen LogP contribution in [-0.2, 0) is 32.2 Å². The molecule has 0 aliphatic heterocycles. The molecule has 0 fully saturated rings. The van der Waals surface area contributed by atoms with Gasteiger partial charge in [0.15, 0.2) is 13.6 Å². The molecule has 0 spiro atoms. The molecule has 0 saturated carbocycles. The summed E-state index contributed by atoms with van der Waals surface area (Å²) in [6.45, 7) is 5.09. The lowest BCUT2D eigenvalue weighted by Crippen LogP contribution is -2.21. The number of phosphoric acid groups is 1. The van der Waals surface area contributed by atoms with Gasteiger partial charge in [-0.05, 0) is 13.8 Å². The van der Waals surface area contributed by atoms with Crippen molar-refractivity contribution >= 4 is 15.4 Å². The van der Waals surface area contributed by atoms with Crippen LogP contribution in [0.25, 0.3) is 0 Å². The Hall–Kier alpha value is 0.140. The molecule has 3 atom stereocenters. The van der Waals surface area contributed by atoms with Gasteiger partial charge < -0.3 is 24.4 Å². The third-order valence-electron chi connectivity index (χ3n) is 2.58. The molecule has 10 nitrogen and oxygen atoms in total. The van der Waals surface area contributed by atoms with Gasteiger partial charge in [0, 0.05) is 5.92 Å². The van der Waals surface area contributed by atoms with Gasteiger partial charge in [0.25, 0.3) is 0 Å². The number of ether oxygens (including phenoxy) is 2. The molecule has 0 aliphatic carbocycles. The van der Waals surface area contributed by atoms with Gasteiger partial charge >= 0.3 is 15.4 Å². The highest BCUT2D eigenvalue weighted by Crippen LogP contribution is 2.46. The second-order valence-corrected chi connectivity index (χ2v) is 9.39. The van der Waals surface area contributed by atoms with Crippen LogP contribution in [0, 0.1) is 5.92 Å². The van der Waals surface area contributed by atoms with Gasteiger partial charge in [0.05, 0.1) is 31.6 Å². The zero-order valence-corrected chi connectivity index (χ0v) is 16.2. The Balaban J connectivity index is 3.92. The van der Waals surface area contributed by atoms with Crippen LogP contribution in [0.2, 0.25) is 0 Å². The minimum atomic E-state index is -4.17. The maximum absolute atomic E-state index is 11.5. The molecule has 0 bridgehead atoms. The zero-order chi connectivity index (χ0) is 18.8. The van der Waals surface area contributed by atoms with E-state index < -0.39 is 46.7 Å². The smallest absolute Gasteiger partial charge is 0.396 e. The molecule has 0 aromatic carbocycles. The van der Waals surface area contributed by atoms with Crippen LogP contribution in [0.3, 0.4) is 0 Å².